The number of rotatable bonds is 9. The fourth-order valence-corrected chi connectivity index (χ4v) is 5.17. The molecule has 1 amide bonds. The lowest BCUT2D eigenvalue weighted by atomic mass is 10.1. The number of carbonyl (C=O) groups excluding carboxylic acids is 1. The average molecular weight is 421 g/mol. The van der Waals surface area contributed by atoms with Crippen molar-refractivity contribution in [3.8, 4) is 0 Å². The number of aryl methyl sites for hydroxylation is 1. The van der Waals surface area contributed by atoms with Crippen LogP contribution in [0.2, 0.25) is 0 Å². The molecule has 0 aliphatic carbocycles. The number of sulfonamides is 1. The zero-order chi connectivity index (χ0) is 20.7. The molecule has 2 rings (SSSR count). The Labute approximate surface area is 172 Å². The molecule has 0 spiro atoms. The largest absolute Gasteiger partial charge is 0.349 e. The lowest BCUT2D eigenvalue weighted by Gasteiger charge is -2.19. The van der Waals surface area contributed by atoms with Crippen molar-refractivity contribution in [2.24, 2.45) is 0 Å². The first kappa shape index (κ1) is 22.5. The van der Waals surface area contributed by atoms with Crippen LogP contribution in [0.15, 0.2) is 58.3 Å². The van der Waals surface area contributed by atoms with Crippen molar-refractivity contribution in [1.29, 1.82) is 0 Å². The smallest absolute Gasteiger partial charge is 0.243 e. The van der Waals surface area contributed by atoms with Crippen LogP contribution >= 0.6 is 11.8 Å². The second kappa shape index (κ2) is 10.1. The highest BCUT2D eigenvalue weighted by Crippen LogP contribution is 2.22. The van der Waals surface area contributed by atoms with Crippen molar-refractivity contribution in [3.05, 3.63) is 59.7 Å². The second-order valence-corrected chi connectivity index (χ2v) is 9.46. The number of amides is 1. The predicted molar refractivity (Wildman–Crippen MR) is 115 cm³/mol. The first-order chi connectivity index (χ1) is 13.3. The summed E-state index contributed by atoms with van der Waals surface area (Å²) < 4.78 is 26.5. The number of hydrogen-bond acceptors (Lipinski definition) is 4. The number of thioether (sulfide) groups is 1. The molecule has 0 aliphatic heterocycles. The van der Waals surface area contributed by atoms with Crippen LogP contribution in [0.1, 0.15) is 37.9 Å². The molecule has 28 heavy (non-hydrogen) atoms. The Morgan fingerprint density at radius 1 is 1.07 bits per heavy atom. The van der Waals surface area contributed by atoms with Gasteiger partial charge in [-0.25, -0.2) is 8.42 Å². The van der Waals surface area contributed by atoms with Crippen LogP contribution < -0.4 is 5.32 Å². The van der Waals surface area contributed by atoms with Gasteiger partial charge in [0.15, 0.2) is 0 Å². The van der Waals surface area contributed by atoms with Crippen molar-refractivity contribution >= 4 is 27.7 Å². The fraction of sp³-hybridized carbons (Fsp3) is 0.381. The zero-order valence-corrected chi connectivity index (χ0v) is 18.4. The van der Waals surface area contributed by atoms with Gasteiger partial charge in [0.05, 0.1) is 16.7 Å². The van der Waals surface area contributed by atoms with E-state index in [1.165, 1.54) is 16.1 Å². The normalized spacial score (nSPS) is 12.8. The Morgan fingerprint density at radius 2 is 1.68 bits per heavy atom. The summed E-state index contributed by atoms with van der Waals surface area (Å²) in [6.45, 7) is 8.43. The van der Waals surface area contributed by atoms with Crippen molar-refractivity contribution in [2.75, 3.05) is 18.8 Å². The number of nitrogens with zero attached hydrogens (tertiary/aromatic N) is 1. The standard InChI is InChI=1S/C21H28N2O3S2/c1-5-23(6-2)28(25,26)19-13-11-18(12-14-19)17(4)22-21(24)15-27-20-10-8-7-9-16(20)3/h7-14,17H,5-6,15H2,1-4H3,(H,22,24)/t17-/m1/s1. The SMILES string of the molecule is CCN(CC)S(=O)(=O)c1ccc([C@@H](C)NC(=O)CSc2ccccc2C)cc1. The third-order valence-corrected chi connectivity index (χ3v) is 7.79. The summed E-state index contributed by atoms with van der Waals surface area (Å²) in [6, 6.07) is 14.5. The maximum Gasteiger partial charge on any atom is 0.243 e. The average Bonchev–Trinajstić information content (AvgIpc) is 2.68. The third-order valence-electron chi connectivity index (χ3n) is 4.55. The molecule has 0 saturated heterocycles. The molecule has 2 aromatic carbocycles. The molecule has 0 bridgehead atoms. The molecule has 2 aromatic rings. The molecule has 1 N–H and O–H groups in total. The molecule has 5 nitrogen and oxygen atoms in total. The number of benzene rings is 2. The Hall–Kier alpha value is -1.83. The highest BCUT2D eigenvalue weighted by Gasteiger charge is 2.21. The first-order valence-corrected chi connectivity index (χ1v) is 11.8. The van der Waals surface area contributed by atoms with E-state index < -0.39 is 10.0 Å². The van der Waals surface area contributed by atoms with Gasteiger partial charge in [-0.3, -0.25) is 4.79 Å². The van der Waals surface area contributed by atoms with Gasteiger partial charge in [-0.15, -0.1) is 11.8 Å². The molecular weight excluding hydrogens is 392 g/mol. The summed E-state index contributed by atoms with van der Waals surface area (Å²) in [6.07, 6.45) is 0. The van der Waals surface area contributed by atoms with E-state index in [0.29, 0.717) is 18.8 Å². The summed E-state index contributed by atoms with van der Waals surface area (Å²) in [5, 5.41) is 2.97. The first-order valence-electron chi connectivity index (χ1n) is 9.37. The molecule has 1 atom stereocenters. The maximum atomic E-state index is 12.6. The highest BCUT2D eigenvalue weighted by atomic mass is 32.2. The number of hydrogen-bond donors (Lipinski definition) is 1. The molecule has 0 unspecified atom stereocenters. The summed E-state index contributed by atoms with van der Waals surface area (Å²) >= 11 is 1.51. The van der Waals surface area contributed by atoms with Gasteiger partial charge in [0.2, 0.25) is 15.9 Å². The number of carbonyl (C=O) groups is 1. The topological polar surface area (TPSA) is 66.5 Å². The summed E-state index contributed by atoms with van der Waals surface area (Å²) in [5.74, 6) is 0.282. The van der Waals surface area contributed by atoms with E-state index in [2.05, 4.69) is 5.32 Å². The van der Waals surface area contributed by atoms with Gasteiger partial charge in [-0.05, 0) is 43.2 Å². The van der Waals surface area contributed by atoms with Crippen molar-refractivity contribution in [3.63, 3.8) is 0 Å². The van der Waals surface area contributed by atoms with Crippen LogP contribution in [-0.2, 0) is 14.8 Å². The van der Waals surface area contributed by atoms with Crippen LogP contribution in [0.3, 0.4) is 0 Å². The van der Waals surface area contributed by atoms with Gasteiger partial charge in [-0.2, -0.15) is 4.31 Å². The zero-order valence-electron chi connectivity index (χ0n) is 16.8. The van der Waals surface area contributed by atoms with E-state index in [-0.39, 0.29) is 16.8 Å². The van der Waals surface area contributed by atoms with Crippen LogP contribution in [0.4, 0.5) is 0 Å². The Balaban J connectivity index is 1.98. The summed E-state index contributed by atoms with van der Waals surface area (Å²) in [5.41, 5.74) is 2.02. The minimum absolute atomic E-state index is 0.0550. The van der Waals surface area contributed by atoms with Gasteiger partial charge in [0, 0.05) is 18.0 Å². The van der Waals surface area contributed by atoms with Crippen LogP contribution in [-0.4, -0.2) is 37.5 Å². The van der Waals surface area contributed by atoms with Crippen molar-refractivity contribution in [1.82, 2.24) is 9.62 Å². The van der Waals surface area contributed by atoms with Crippen LogP contribution in [0.5, 0.6) is 0 Å². The van der Waals surface area contributed by atoms with Crippen molar-refractivity contribution < 1.29 is 13.2 Å². The molecule has 0 heterocycles. The lowest BCUT2D eigenvalue weighted by Crippen LogP contribution is -2.30. The van der Waals surface area contributed by atoms with Crippen LogP contribution in [0.25, 0.3) is 0 Å². The molecule has 0 aliphatic rings. The summed E-state index contributed by atoms with van der Waals surface area (Å²) in [4.78, 5) is 13.6. The van der Waals surface area contributed by atoms with E-state index in [4.69, 9.17) is 0 Å². The Morgan fingerprint density at radius 3 is 2.25 bits per heavy atom. The minimum atomic E-state index is -3.47. The van der Waals surface area contributed by atoms with Gasteiger partial charge in [0.25, 0.3) is 0 Å². The van der Waals surface area contributed by atoms with Gasteiger partial charge in [0.1, 0.15) is 0 Å². The minimum Gasteiger partial charge on any atom is -0.349 e. The molecular formula is C21H28N2O3S2. The Kier molecular flexibility index (Phi) is 8.10. The van der Waals surface area contributed by atoms with Gasteiger partial charge < -0.3 is 5.32 Å². The molecule has 0 fully saturated rings. The van der Waals surface area contributed by atoms with Gasteiger partial charge >= 0.3 is 0 Å². The monoisotopic (exact) mass is 420 g/mol. The quantitative estimate of drug-likeness (QED) is 0.623. The Bertz CT molecular complexity index is 892. The molecule has 0 aromatic heterocycles. The molecule has 0 saturated carbocycles. The third kappa shape index (κ3) is 5.59. The fourth-order valence-electron chi connectivity index (χ4n) is 2.87. The second-order valence-electron chi connectivity index (χ2n) is 6.50. The molecule has 152 valence electrons. The van der Waals surface area contributed by atoms with E-state index in [0.717, 1.165) is 16.0 Å². The van der Waals surface area contributed by atoms with E-state index in [9.17, 15) is 13.2 Å². The van der Waals surface area contributed by atoms with E-state index >= 15 is 0 Å². The van der Waals surface area contributed by atoms with Crippen molar-refractivity contribution in [2.45, 2.75) is 43.5 Å². The number of nitrogens with one attached hydrogen (secondary N) is 1. The molecule has 7 heteroatoms. The summed E-state index contributed by atoms with van der Waals surface area (Å²) in [7, 11) is -3.47. The van der Waals surface area contributed by atoms with Gasteiger partial charge in [-0.1, -0.05) is 44.2 Å². The van der Waals surface area contributed by atoms with Crippen LogP contribution in [0, 0.1) is 6.92 Å². The van der Waals surface area contributed by atoms with E-state index in [1.807, 2.05) is 52.0 Å². The highest BCUT2D eigenvalue weighted by molar-refractivity contribution is 8.00. The maximum absolute atomic E-state index is 12.6. The molecule has 0 radical (unpaired) electrons. The predicted octanol–water partition coefficient (Wildman–Crippen LogP) is 4.00. The van der Waals surface area contributed by atoms with E-state index in [1.54, 1.807) is 24.3 Å². The lowest BCUT2D eigenvalue weighted by molar-refractivity contribution is -0.119.